The van der Waals surface area contributed by atoms with Gasteiger partial charge in [0.15, 0.2) is 0 Å². The van der Waals surface area contributed by atoms with Gasteiger partial charge in [-0.3, -0.25) is 4.79 Å². The first-order chi connectivity index (χ1) is 19.2. The van der Waals surface area contributed by atoms with Gasteiger partial charge in [0.25, 0.3) is 0 Å². The van der Waals surface area contributed by atoms with Crippen molar-refractivity contribution in [3.63, 3.8) is 0 Å². The number of hydrogen-bond donors (Lipinski definition) is 2. The summed E-state index contributed by atoms with van der Waals surface area (Å²) in [4.78, 5) is 43.0. The summed E-state index contributed by atoms with van der Waals surface area (Å²) < 4.78 is 32.5. The topological polar surface area (TPSA) is 128 Å². The lowest BCUT2D eigenvalue weighted by Crippen LogP contribution is -2.55. The number of carbonyl (C=O) groups is 3. The second kappa shape index (κ2) is 13.8. The fraction of sp³-hybridized carbons (Fsp3) is 0.679. The van der Waals surface area contributed by atoms with Gasteiger partial charge in [0.1, 0.15) is 12.1 Å². The number of aryl methyl sites for hydroxylation is 1. The van der Waals surface area contributed by atoms with E-state index >= 15 is 0 Å². The summed E-state index contributed by atoms with van der Waals surface area (Å²) in [7, 11) is -2.68. The Hall–Kier alpha value is -2.70. The SMILES string of the molecule is COC(=O)[C@H](CNC(=O)N1CCC(CN2CCCCC2)CC1)NC(=O)[C@@H]1CCCN1S(=O)(=O)c1ccc(C)cc1. The highest BCUT2D eigenvalue weighted by Crippen LogP contribution is 2.27. The number of piperidine rings is 2. The van der Waals surface area contributed by atoms with Crippen molar-refractivity contribution in [3.05, 3.63) is 29.8 Å². The molecule has 0 aromatic heterocycles. The number of urea groups is 1. The summed E-state index contributed by atoms with van der Waals surface area (Å²) in [5.74, 6) is -0.717. The van der Waals surface area contributed by atoms with Gasteiger partial charge < -0.3 is 25.2 Å². The van der Waals surface area contributed by atoms with Crippen molar-refractivity contribution in [2.45, 2.75) is 68.8 Å². The number of methoxy groups -OCH3 is 1. The lowest BCUT2D eigenvalue weighted by molar-refractivity contribution is -0.145. The van der Waals surface area contributed by atoms with E-state index in [1.807, 2.05) is 6.92 Å². The van der Waals surface area contributed by atoms with E-state index in [-0.39, 0.29) is 24.0 Å². The molecule has 2 atom stereocenters. The number of nitrogens with one attached hydrogen (secondary N) is 2. The zero-order valence-corrected chi connectivity index (χ0v) is 24.5. The summed E-state index contributed by atoms with van der Waals surface area (Å²) in [6.45, 7) is 6.64. The quantitative estimate of drug-likeness (QED) is 0.428. The molecule has 1 aromatic rings. The number of sulfonamides is 1. The van der Waals surface area contributed by atoms with Crippen LogP contribution in [-0.2, 0) is 24.3 Å². The molecule has 1 aromatic carbocycles. The van der Waals surface area contributed by atoms with Crippen LogP contribution < -0.4 is 10.6 Å². The highest BCUT2D eigenvalue weighted by Gasteiger charge is 2.40. The van der Waals surface area contributed by atoms with Crippen LogP contribution in [0.1, 0.15) is 50.5 Å². The Labute approximate surface area is 237 Å². The lowest BCUT2D eigenvalue weighted by Gasteiger charge is -2.36. The Balaban J connectivity index is 1.30. The molecular weight excluding hydrogens is 534 g/mol. The molecule has 0 aliphatic carbocycles. The van der Waals surface area contributed by atoms with Gasteiger partial charge in [-0.2, -0.15) is 4.31 Å². The first-order valence-electron chi connectivity index (χ1n) is 14.4. The Morgan fingerprint density at radius 2 is 1.62 bits per heavy atom. The van der Waals surface area contributed by atoms with Crippen molar-refractivity contribution < 1.29 is 27.5 Å². The van der Waals surface area contributed by atoms with Gasteiger partial charge in [-0.1, -0.05) is 24.1 Å². The molecule has 11 nitrogen and oxygen atoms in total. The molecule has 3 amide bonds. The molecule has 0 bridgehead atoms. The normalized spacial score (nSPS) is 22.1. The van der Waals surface area contributed by atoms with Crippen LogP contribution in [0.25, 0.3) is 0 Å². The molecule has 3 saturated heterocycles. The molecule has 40 heavy (non-hydrogen) atoms. The van der Waals surface area contributed by atoms with Crippen LogP contribution in [-0.4, -0.2) is 105 Å². The van der Waals surface area contributed by atoms with Crippen molar-refractivity contribution in [3.8, 4) is 0 Å². The zero-order chi connectivity index (χ0) is 28.7. The van der Waals surface area contributed by atoms with E-state index in [1.54, 1.807) is 17.0 Å². The van der Waals surface area contributed by atoms with Crippen LogP contribution in [0.5, 0.6) is 0 Å². The Bertz CT molecular complexity index is 1130. The van der Waals surface area contributed by atoms with Crippen molar-refractivity contribution in [1.29, 1.82) is 0 Å². The maximum Gasteiger partial charge on any atom is 0.330 e. The van der Waals surface area contributed by atoms with Crippen LogP contribution in [0.15, 0.2) is 29.2 Å². The predicted octanol–water partition coefficient (Wildman–Crippen LogP) is 1.71. The fourth-order valence-electron chi connectivity index (χ4n) is 5.87. The van der Waals surface area contributed by atoms with Crippen molar-refractivity contribution >= 4 is 27.9 Å². The van der Waals surface area contributed by atoms with Crippen LogP contribution >= 0.6 is 0 Å². The maximum absolute atomic E-state index is 13.3. The molecule has 0 radical (unpaired) electrons. The van der Waals surface area contributed by atoms with Gasteiger partial charge in [-0.15, -0.1) is 0 Å². The van der Waals surface area contributed by atoms with E-state index in [9.17, 15) is 22.8 Å². The van der Waals surface area contributed by atoms with Crippen LogP contribution in [0.3, 0.4) is 0 Å². The largest absolute Gasteiger partial charge is 0.467 e. The van der Waals surface area contributed by atoms with E-state index < -0.39 is 34.0 Å². The van der Waals surface area contributed by atoms with Crippen LogP contribution in [0, 0.1) is 12.8 Å². The average molecular weight is 578 g/mol. The summed E-state index contributed by atoms with van der Waals surface area (Å²) in [6.07, 6.45) is 6.58. The van der Waals surface area contributed by atoms with Crippen LogP contribution in [0.2, 0.25) is 0 Å². The minimum Gasteiger partial charge on any atom is -0.467 e. The Morgan fingerprint density at radius 3 is 2.27 bits per heavy atom. The molecule has 4 rings (SSSR count). The number of benzene rings is 1. The van der Waals surface area contributed by atoms with E-state index in [2.05, 4.69) is 15.5 Å². The van der Waals surface area contributed by atoms with Gasteiger partial charge in [-0.25, -0.2) is 18.0 Å². The Morgan fingerprint density at radius 1 is 0.950 bits per heavy atom. The molecule has 3 aliphatic rings. The molecule has 0 spiro atoms. The molecule has 0 unspecified atom stereocenters. The lowest BCUT2D eigenvalue weighted by atomic mass is 9.95. The van der Waals surface area contributed by atoms with E-state index in [0.29, 0.717) is 31.8 Å². The summed E-state index contributed by atoms with van der Waals surface area (Å²) in [6, 6.07) is 4.11. The third kappa shape index (κ3) is 7.52. The Kier molecular flexibility index (Phi) is 10.4. The first kappa shape index (κ1) is 30.3. The number of amides is 3. The van der Waals surface area contributed by atoms with Gasteiger partial charge in [0.2, 0.25) is 15.9 Å². The van der Waals surface area contributed by atoms with Crippen molar-refractivity contribution in [2.24, 2.45) is 5.92 Å². The third-order valence-corrected chi connectivity index (χ3v) is 10.2. The average Bonchev–Trinajstić information content (AvgIpc) is 3.47. The van der Waals surface area contributed by atoms with Gasteiger partial charge in [-0.05, 0) is 76.6 Å². The smallest absolute Gasteiger partial charge is 0.330 e. The maximum atomic E-state index is 13.3. The number of carbonyl (C=O) groups excluding carboxylic acids is 3. The highest BCUT2D eigenvalue weighted by molar-refractivity contribution is 7.89. The summed E-state index contributed by atoms with van der Waals surface area (Å²) >= 11 is 0. The molecule has 222 valence electrons. The molecule has 2 N–H and O–H groups in total. The standard InChI is InChI=1S/C28H43N5O6S/c1-21-8-10-23(11-9-21)40(37,38)33-16-6-7-25(33)26(34)30-24(27(35)39-2)19-29-28(36)32-17-12-22(13-18-32)20-31-14-4-3-5-15-31/h8-11,22,24-25H,3-7,12-20H2,1-2H3,(H,29,36)(H,30,34)/t24-,25-/m0/s1. The molecule has 0 saturated carbocycles. The number of nitrogens with zero attached hydrogens (tertiary/aromatic N) is 3. The summed E-state index contributed by atoms with van der Waals surface area (Å²) in [5.41, 5.74) is 0.930. The second-order valence-electron chi connectivity index (χ2n) is 11.1. The number of likely N-dealkylation sites (tertiary alicyclic amines) is 2. The number of ether oxygens (including phenoxy) is 1. The minimum atomic E-state index is -3.89. The van der Waals surface area contributed by atoms with E-state index in [0.717, 1.165) is 38.0 Å². The van der Waals surface area contributed by atoms with Crippen LogP contribution in [0.4, 0.5) is 4.79 Å². The van der Waals surface area contributed by atoms with E-state index in [4.69, 9.17) is 4.74 Å². The minimum absolute atomic E-state index is 0.120. The van der Waals surface area contributed by atoms with Gasteiger partial charge in [0, 0.05) is 26.2 Å². The predicted molar refractivity (Wildman–Crippen MR) is 150 cm³/mol. The molecular formula is C28H43N5O6S. The molecule has 12 heteroatoms. The fourth-order valence-corrected chi connectivity index (χ4v) is 7.52. The van der Waals surface area contributed by atoms with Gasteiger partial charge in [0.05, 0.1) is 18.6 Å². The molecule has 3 fully saturated rings. The second-order valence-corrected chi connectivity index (χ2v) is 13.0. The zero-order valence-electron chi connectivity index (χ0n) is 23.6. The monoisotopic (exact) mass is 577 g/mol. The third-order valence-electron chi connectivity index (χ3n) is 8.26. The van der Waals surface area contributed by atoms with Crippen molar-refractivity contribution in [1.82, 2.24) is 24.7 Å². The number of hydrogen-bond acceptors (Lipinski definition) is 7. The molecule has 3 aliphatic heterocycles. The van der Waals surface area contributed by atoms with Crippen molar-refractivity contribution in [2.75, 3.05) is 52.9 Å². The number of esters is 1. The highest BCUT2D eigenvalue weighted by atomic mass is 32.2. The number of rotatable bonds is 9. The summed E-state index contributed by atoms with van der Waals surface area (Å²) in [5, 5.41) is 5.39. The molecule has 3 heterocycles. The van der Waals surface area contributed by atoms with Gasteiger partial charge >= 0.3 is 12.0 Å². The first-order valence-corrected chi connectivity index (χ1v) is 15.8. The van der Waals surface area contributed by atoms with E-state index in [1.165, 1.54) is 42.8 Å².